The van der Waals surface area contributed by atoms with Crippen LogP contribution in [-0.4, -0.2) is 22.3 Å². The van der Waals surface area contributed by atoms with E-state index in [9.17, 15) is 27.9 Å². The van der Waals surface area contributed by atoms with Crippen LogP contribution in [-0.2, 0) is 15.8 Å². The number of hydrogen-bond donors (Lipinski definition) is 2. The molecule has 2 N–H and O–H groups in total. The van der Waals surface area contributed by atoms with E-state index in [1.54, 1.807) is 17.6 Å². The molecule has 0 aliphatic rings. The fraction of sp³-hybridized carbons (Fsp3) is 0.176. The molecule has 2 heterocycles. The highest BCUT2D eigenvalue weighted by Gasteiger charge is 2.30. The number of hydrogen-bond acceptors (Lipinski definition) is 3. The monoisotopic (exact) mass is 367 g/mol. The number of rotatable bonds is 5. The molecule has 3 rings (SSSR count). The van der Waals surface area contributed by atoms with Crippen molar-refractivity contribution in [1.82, 2.24) is 4.98 Å². The number of alkyl halides is 3. The summed E-state index contributed by atoms with van der Waals surface area (Å²) < 4.78 is 38.4. The van der Waals surface area contributed by atoms with Crippen LogP contribution in [0.3, 0.4) is 0 Å². The zero-order valence-electron chi connectivity index (χ0n) is 12.6. The number of halogens is 3. The first-order chi connectivity index (χ1) is 11.8. The van der Waals surface area contributed by atoms with Gasteiger partial charge in [-0.05, 0) is 29.1 Å². The lowest BCUT2D eigenvalue weighted by molar-refractivity contribution is -0.139. The number of aromatic nitrogens is 1. The molecule has 0 saturated carbocycles. The SMILES string of the molecule is O=CCC(C(=O)O)c1cc(-c2c[nH]c3cc(C(F)(F)F)ccc23)cs1. The molecule has 3 aromatic rings. The largest absolute Gasteiger partial charge is 0.481 e. The second-order valence-electron chi connectivity index (χ2n) is 5.49. The summed E-state index contributed by atoms with van der Waals surface area (Å²) in [4.78, 5) is 25.3. The Kier molecular flexibility index (Phi) is 4.38. The molecule has 2 aromatic heterocycles. The van der Waals surface area contributed by atoms with E-state index < -0.39 is 23.6 Å². The Labute approximate surface area is 143 Å². The summed E-state index contributed by atoms with van der Waals surface area (Å²) in [5, 5.41) is 11.6. The van der Waals surface area contributed by atoms with E-state index in [1.165, 1.54) is 17.4 Å². The number of aldehydes is 1. The summed E-state index contributed by atoms with van der Waals surface area (Å²) in [5.41, 5.74) is 0.987. The van der Waals surface area contributed by atoms with Gasteiger partial charge in [0, 0.05) is 34.0 Å². The van der Waals surface area contributed by atoms with E-state index in [4.69, 9.17) is 0 Å². The number of carboxylic acid groups (broad SMARTS) is 1. The van der Waals surface area contributed by atoms with Gasteiger partial charge in [-0.1, -0.05) is 6.07 Å². The van der Waals surface area contributed by atoms with Gasteiger partial charge in [0.2, 0.25) is 0 Å². The van der Waals surface area contributed by atoms with Crippen LogP contribution in [0.4, 0.5) is 13.2 Å². The molecule has 0 amide bonds. The van der Waals surface area contributed by atoms with E-state index >= 15 is 0 Å². The van der Waals surface area contributed by atoms with Crippen LogP contribution in [0.25, 0.3) is 22.0 Å². The maximum absolute atomic E-state index is 12.8. The number of benzene rings is 1. The van der Waals surface area contributed by atoms with Gasteiger partial charge in [0.25, 0.3) is 0 Å². The van der Waals surface area contributed by atoms with Crippen molar-refractivity contribution < 1.29 is 27.9 Å². The first kappa shape index (κ1) is 17.2. The molecule has 0 radical (unpaired) electrons. The molecule has 25 heavy (non-hydrogen) atoms. The van der Waals surface area contributed by atoms with Gasteiger partial charge >= 0.3 is 12.1 Å². The van der Waals surface area contributed by atoms with Crippen molar-refractivity contribution in [3.05, 3.63) is 46.3 Å². The lowest BCUT2D eigenvalue weighted by Gasteiger charge is -2.06. The van der Waals surface area contributed by atoms with Gasteiger partial charge in [-0.15, -0.1) is 11.3 Å². The van der Waals surface area contributed by atoms with E-state index in [0.29, 0.717) is 33.2 Å². The topological polar surface area (TPSA) is 70.2 Å². The number of carbonyl (C=O) groups excluding carboxylic acids is 1. The van der Waals surface area contributed by atoms with Crippen molar-refractivity contribution in [2.45, 2.75) is 18.5 Å². The number of nitrogens with one attached hydrogen (secondary N) is 1. The average Bonchev–Trinajstić information content (AvgIpc) is 3.17. The second kappa shape index (κ2) is 6.36. The molecular weight excluding hydrogens is 355 g/mol. The Morgan fingerprint density at radius 1 is 1.32 bits per heavy atom. The minimum Gasteiger partial charge on any atom is -0.481 e. The maximum Gasteiger partial charge on any atom is 0.416 e. The minimum atomic E-state index is -4.42. The zero-order chi connectivity index (χ0) is 18.2. The first-order valence-corrected chi connectivity index (χ1v) is 8.13. The summed E-state index contributed by atoms with van der Waals surface area (Å²) in [6.07, 6.45) is -2.40. The van der Waals surface area contributed by atoms with Crippen molar-refractivity contribution in [1.29, 1.82) is 0 Å². The number of H-pyrrole nitrogens is 1. The zero-order valence-corrected chi connectivity index (χ0v) is 13.4. The highest BCUT2D eigenvalue weighted by atomic mass is 32.1. The van der Waals surface area contributed by atoms with Gasteiger partial charge in [0.05, 0.1) is 11.5 Å². The lowest BCUT2D eigenvalue weighted by Crippen LogP contribution is -2.10. The minimum absolute atomic E-state index is 0.127. The van der Waals surface area contributed by atoms with Crippen LogP contribution >= 0.6 is 11.3 Å². The summed E-state index contributed by atoms with van der Waals surface area (Å²) >= 11 is 1.21. The van der Waals surface area contributed by atoms with Crippen LogP contribution < -0.4 is 0 Å². The van der Waals surface area contributed by atoms with Crippen LogP contribution in [0, 0.1) is 0 Å². The summed E-state index contributed by atoms with van der Waals surface area (Å²) in [6, 6.07) is 5.10. The number of aliphatic carboxylic acids is 1. The molecule has 0 saturated heterocycles. The Balaban J connectivity index is 2.00. The van der Waals surface area contributed by atoms with Gasteiger partial charge < -0.3 is 14.9 Å². The first-order valence-electron chi connectivity index (χ1n) is 7.25. The van der Waals surface area contributed by atoms with E-state index in [2.05, 4.69) is 4.98 Å². The molecule has 1 atom stereocenters. The fourth-order valence-electron chi connectivity index (χ4n) is 2.65. The van der Waals surface area contributed by atoms with Crippen LogP contribution in [0.2, 0.25) is 0 Å². The molecule has 130 valence electrons. The van der Waals surface area contributed by atoms with E-state index in [1.807, 2.05) is 0 Å². The van der Waals surface area contributed by atoms with Gasteiger partial charge in [0.1, 0.15) is 6.29 Å². The third-order valence-corrected chi connectivity index (χ3v) is 4.96. The van der Waals surface area contributed by atoms with E-state index in [0.717, 1.165) is 12.1 Å². The number of thiophene rings is 1. The molecule has 1 unspecified atom stereocenters. The van der Waals surface area contributed by atoms with Gasteiger partial charge in [-0.3, -0.25) is 4.79 Å². The van der Waals surface area contributed by atoms with Crippen LogP contribution in [0.5, 0.6) is 0 Å². The van der Waals surface area contributed by atoms with Crippen molar-refractivity contribution in [3.8, 4) is 11.1 Å². The third kappa shape index (κ3) is 3.30. The maximum atomic E-state index is 12.8. The fourth-order valence-corrected chi connectivity index (χ4v) is 3.67. The van der Waals surface area contributed by atoms with E-state index in [-0.39, 0.29) is 6.42 Å². The summed E-state index contributed by atoms with van der Waals surface area (Å²) in [7, 11) is 0. The van der Waals surface area contributed by atoms with Crippen molar-refractivity contribution in [2.24, 2.45) is 0 Å². The Morgan fingerprint density at radius 2 is 2.08 bits per heavy atom. The normalized spacial score (nSPS) is 13.1. The second-order valence-corrected chi connectivity index (χ2v) is 6.43. The molecule has 0 bridgehead atoms. The predicted molar refractivity (Wildman–Crippen MR) is 87.7 cm³/mol. The van der Waals surface area contributed by atoms with Gasteiger partial charge in [-0.2, -0.15) is 13.2 Å². The smallest absolute Gasteiger partial charge is 0.416 e. The molecule has 0 fully saturated rings. The van der Waals surface area contributed by atoms with Crippen molar-refractivity contribution in [3.63, 3.8) is 0 Å². The average molecular weight is 367 g/mol. The molecule has 0 aliphatic heterocycles. The van der Waals surface area contributed by atoms with Gasteiger partial charge in [-0.25, -0.2) is 0 Å². The Bertz CT molecular complexity index is 942. The Morgan fingerprint density at radius 3 is 2.72 bits per heavy atom. The molecule has 0 aliphatic carbocycles. The standard InChI is InChI=1S/C17H12F3NO3S/c18-17(19,20)10-1-2-11-13(7-21-14(11)6-10)9-5-15(25-8-9)12(3-4-22)16(23)24/h1-2,4-8,12,21H,3H2,(H,23,24). The third-order valence-electron chi connectivity index (χ3n) is 3.91. The van der Waals surface area contributed by atoms with Crippen molar-refractivity contribution >= 4 is 34.5 Å². The highest BCUT2D eigenvalue weighted by molar-refractivity contribution is 7.10. The van der Waals surface area contributed by atoms with Crippen LogP contribution in [0.15, 0.2) is 35.8 Å². The number of aromatic amines is 1. The van der Waals surface area contributed by atoms with Gasteiger partial charge in [0.15, 0.2) is 0 Å². The highest BCUT2D eigenvalue weighted by Crippen LogP contribution is 2.37. The Hall–Kier alpha value is -2.61. The molecular formula is C17H12F3NO3S. The number of carbonyl (C=O) groups is 2. The van der Waals surface area contributed by atoms with Crippen molar-refractivity contribution in [2.75, 3.05) is 0 Å². The van der Waals surface area contributed by atoms with Crippen LogP contribution in [0.1, 0.15) is 22.8 Å². The quantitative estimate of drug-likeness (QED) is 0.644. The predicted octanol–water partition coefficient (Wildman–Crippen LogP) is 4.67. The number of carboxylic acids is 1. The molecule has 0 spiro atoms. The molecule has 1 aromatic carbocycles. The molecule has 8 heteroatoms. The number of fused-ring (bicyclic) bond motifs is 1. The summed E-state index contributed by atoms with van der Waals surface area (Å²) in [6.45, 7) is 0. The molecule has 4 nitrogen and oxygen atoms in total. The summed E-state index contributed by atoms with van der Waals surface area (Å²) in [5.74, 6) is -2.01. The lowest BCUT2D eigenvalue weighted by atomic mass is 10.0.